The van der Waals surface area contributed by atoms with E-state index in [1.54, 1.807) is 6.92 Å². The molecule has 90 valence electrons. The molecule has 1 aromatic rings. The summed E-state index contributed by atoms with van der Waals surface area (Å²) in [5, 5.41) is 16.2. The summed E-state index contributed by atoms with van der Waals surface area (Å²) in [6.07, 6.45) is -0.325. The van der Waals surface area contributed by atoms with Crippen molar-refractivity contribution in [3.63, 3.8) is 0 Å². The molecule has 0 fully saturated rings. The van der Waals surface area contributed by atoms with Gasteiger partial charge in [0.25, 0.3) is 0 Å². The van der Waals surface area contributed by atoms with Crippen LogP contribution in [0.4, 0.5) is 0 Å². The van der Waals surface area contributed by atoms with Crippen LogP contribution in [-0.2, 0) is 9.59 Å². The van der Waals surface area contributed by atoms with Gasteiger partial charge in [-0.1, -0.05) is 37.3 Å². The van der Waals surface area contributed by atoms with Crippen molar-refractivity contribution >= 4 is 17.5 Å². The van der Waals surface area contributed by atoms with Crippen LogP contribution in [0.2, 0.25) is 0 Å². The van der Waals surface area contributed by atoms with Gasteiger partial charge in [-0.3, -0.25) is 9.59 Å². The number of carbonyl (C=O) groups is 2. The molecule has 0 heterocycles. The minimum absolute atomic E-state index is 0.0301. The van der Waals surface area contributed by atoms with Gasteiger partial charge in [0.2, 0.25) is 0 Å². The first kappa shape index (κ1) is 13.1. The number of benzene rings is 1. The number of carboxylic acids is 1. The first-order valence-electron chi connectivity index (χ1n) is 5.40. The van der Waals surface area contributed by atoms with Crippen LogP contribution >= 0.6 is 0 Å². The van der Waals surface area contributed by atoms with E-state index in [0.29, 0.717) is 0 Å². The number of carbonyl (C=O) groups excluding carboxylic acids is 1. The monoisotopic (exact) mass is 233 g/mol. The summed E-state index contributed by atoms with van der Waals surface area (Å²) in [6.45, 7) is 1.77. The number of nitrogens with one attached hydrogen (secondary N) is 1. The maximum atomic E-state index is 11.6. The van der Waals surface area contributed by atoms with Gasteiger partial charge in [0.15, 0.2) is 5.78 Å². The number of hydrogen-bond donors (Lipinski definition) is 2. The molecule has 0 aliphatic carbocycles. The third kappa shape index (κ3) is 3.83. The highest BCUT2D eigenvalue weighted by molar-refractivity contribution is 6.40. The van der Waals surface area contributed by atoms with Crippen molar-refractivity contribution in [1.82, 2.24) is 0 Å². The van der Waals surface area contributed by atoms with Crippen LogP contribution < -0.4 is 0 Å². The Hall–Kier alpha value is -1.97. The molecule has 0 saturated carbocycles. The Morgan fingerprint density at radius 3 is 2.35 bits per heavy atom. The summed E-state index contributed by atoms with van der Waals surface area (Å²) in [7, 11) is 0. The molecule has 1 aromatic carbocycles. The topological polar surface area (TPSA) is 78.2 Å². The Labute approximate surface area is 99.8 Å². The molecule has 0 unspecified atom stereocenters. The van der Waals surface area contributed by atoms with E-state index >= 15 is 0 Å². The van der Waals surface area contributed by atoms with E-state index in [-0.39, 0.29) is 24.5 Å². The maximum absolute atomic E-state index is 11.6. The van der Waals surface area contributed by atoms with Gasteiger partial charge in [-0.15, -0.1) is 0 Å². The maximum Gasteiger partial charge on any atom is 0.303 e. The molecule has 17 heavy (non-hydrogen) atoms. The molecular formula is C13H15NO3. The number of rotatable bonds is 6. The molecule has 1 atom stereocenters. The van der Waals surface area contributed by atoms with E-state index in [1.807, 2.05) is 30.3 Å². The number of hydrogen-bond acceptors (Lipinski definition) is 3. The molecule has 4 nitrogen and oxygen atoms in total. The number of ketones is 1. The lowest BCUT2D eigenvalue weighted by Gasteiger charge is -2.12. The smallest absolute Gasteiger partial charge is 0.303 e. The molecule has 0 aromatic heterocycles. The van der Waals surface area contributed by atoms with Crippen molar-refractivity contribution in [3.05, 3.63) is 35.9 Å². The molecule has 4 heteroatoms. The molecule has 2 N–H and O–H groups in total. The van der Waals surface area contributed by atoms with Crippen LogP contribution in [-0.4, -0.2) is 22.6 Å². The second-order valence-corrected chi connectivity index (χ2v) is 3.86. The molecular weight excluding hydrogens is 218 g/mol. The van der Waals surface area contributed by atoms with Gasteiger partial charge in [-0.25, -0.2) is 0 Å². The van der Waals surface area contributed by atoms with E-state index in [1.165, 1.54) is 0 Å². The summed E-state index contributed by atoms with van der Waals surface area (Å²) in [5.74, 6) is -1.71. The Balaban J connectivity index is 2.64. The average molecular weight is 233 g/mol. The number of carboxylic acid groups (broad SMARTS) is 1. The molecule has 0 bridgehead atoms. The van der Waals surface area contributed by atoms with E-state index in [9.17, 15) is 9.59 Å². The Bertz CT molecular complexity index is 426. The molecule has 0 spiro atoms. The largest absolute Gasteiger partial charge is 0.481 e. The van der Waals surface area contributed by atoms with Crippen LogP contribution in [0, 0.1) is 5.41 Å². The van der Waals surface area contributed by atoms with Gasteiger partial charge in [0.1, 0.15) is 0 Å². The summed E-state index contributed by atoms with van der Waals surface area (Å²) >= 11 is 0. The van der Waals surface area contributed by atoms with E-state index in [0.717, 1.165) is 5.56 Å². The third-order valence-electron chi connectivity index (χ3n) is 2.60. The minimum Gasteiger partial charge on any atom is -0.481 e. The second kappa shape index (κ2) is 5.94. The van der Waals surface area contributed by atoms with E-state index in [2.05, 4.69) is 0 Å². The van der Waals surface area contributed by atoms with Gasteiger partial charge in [0, 0.05) is 12.3 Å². The van der Waals surface area contributed by atoms with Crippen LogP contribution in [0.5, 0.6) is 0 Å². The third-order valence-corrected chi connectivity index (χ3v) is 2.60. The first-order chi connectivity index (χ1) is 8.02. The molecule has 0 amide bonds. The Morgan fingerprint density at radius 1 is 1.24 bits per heavy atom. The van der Waals surface area contributed by atoms with Crippen molar-refractivity contribution in [2.45, 2.75) is 25.7 Å². The zero-order valence-electron chi connectivity index (χ0n) is 9.64. The van der Waals surface area contributed by atoms with Gasteiger partial charge < -0.3 is 10.5 Å². The number of Topliss-reactive ketones (excluding diaryl/α,β-unsaturated/α-hetero) is 1. The summed E-state index contributed by atoms with van der Waals surface area (Å²) in [5.41, 5.74) is 0.860. The first-order valence-corrected chi connectivity index (χ1v) is 5.40. The summed E-state index contributed by atoms with van der Waals surface area (Å²) in [4.78, 5) is 21.9. The summed E-state index contributed by atoms with van der Waals surface area (Å²) in [6, 6.07) is 9.27. The molecule has 0 saturated heterocycles. The number of aliphatic carboxylic acids is 1. The zero-order valence-corrected chi connectivity index (χ0v) is 9.64. The van der Waals surface area contributed by atoms with E-state index in [4.69, 9.17) is 10.5 Å². The van der Waals surface area contributed by atoms with Crippen LogP contribution in [0.1, 0.15) is 31.2 Å². The SMILES string of the molecule is C[C@@H](C(=N)C(=O)CCC(=O)O)c1ccccc1. The standard InChI is InChI=1S/C13H15NO3/c1-9(10-5-3-2-4-6-10)13(14)11(15)7-8-12(16)17/h2-6,9,14H,7-8H2,1H3,(H,16,17)/t9-/m1/s1. The predicted octanol–water partition coefficient (Wildman–Crippen LogP) is 2.24. The predicted molar refractivity (Wildman–Crippen MR) is 64.5 cm³/mol. The van der Waals surface area contributed by atoms with Crippen LogP contribution in [0.3, 0.4) is 0 Å². The zero-order chi connectivity index (χ0) is 12.8. The molecule has 1 rings (SSSR count). The normalized spacial score (nSPS) is 11.8. The minimum atomic E-state index is -1.02. The highest BCUT2D eigenvalue weighted by Crippen LogP contribution is 2.17. The molecule has 0 aliphatic rings. The lowest BCUT2D eigenvalue weighted by molar-refractivity contribution is -0.138. The Morgan fingerprint density at radius 2 is 1.82 bits per heavy atom. The lowest BCUT2D eigenvalue weighted by Crippen LogP contribution is -2.20. The fourth-order valence-corrected chi connectivity index (χ4v) is 1.50. The molecule has 0 radical (unpaired) electrons. The van der Waals surface area contributed by atoms with Crippen molar-refractivity contribution in [2.75, 3.05) is 0 Å². The quantitative estimate of drug-likeness (QED) is 0.739. The van der Waals surface area contributed by atoms with Crippen LogP contribution in [0.25, 0.3) is 0 Å². The highest BCUT2D eigenvalue weighted by Gasteiger charge is 2.18. The van der Waals surface area contributed by atoms with Crippen molar-refractivity contribution < 1.29 is 14.7 Å². The van der Waals surface area contributed by atoms with E-state index < -0.39 is 11.8 Å². The lowest BCUT2D eigenvalue weighted by atomic mass is 9.92. The van der Waals surface area contributed by atoms with Crippen molar-refractivity contribution in [3.8, 4) is 0 Å². The van der Waals surface area contributed by atoms with Gasteiger partial charge in [-0.05, 0) is 5.56 Å². The Kier molecular flexibility index (Phi) is 4.57. The fraction of sp³-hybridized carbons (Fsp3) is 0.308. The van der Waals surface area contributed by atoms with Crippen molar-refractivity contribution in [2.24, 2.45) is 0 Å². The van der Waals surface area contributed by atoms with Crippen molar-refractivity contribution in [1.29, 1.82) is 5.41 Å². The second-order valence-electron chi connectivity index (χ2n) is 3.86. The molecule has 0 aliphatic heterocycles. The summed E-state index contributed by atoms with van der Waals surface area (Å²) < 4.78 is 0. The highest BCUT2D eigenvalue weighted by atomic mass is 16.4. The average Bonchev–Trinajstić information content (AvgIpc) is 2.35. The van der Waals surface area contributed by atoms with Gasteiger partial charge in [-0.2, -0.15) is 0 Å². The van der Waals surface area contributed by atoms with Gasteiger partial charge >= 0.3 is 5.97 Å². The fourth-order valence-electron chi connectivity index (χ4n) is 1.50. The van der Waals surface area contributed by atoms with Crippen LogP contribution in [0.15, 0.2) is 30.3 Å². The van der Waals surface area contributed by atoms with Gasteiger partial charge in [0.05, 0.1) is 12.1 Å².